The Morgan fingerprint density at radius 3 is 2.74 bits per heavy atom. The number of hydrogen-bond donors (Lipinski definition) is 1. The summed E-state index contributed by atoms with van der Waals surface area (Å²) in [5.41, 5.74) is 2.47. The van der Waals surface area contributed by atoms with Crippen LogP contribution in [0.3, 0.4) is 0 Å². The predicted octanol–water partition coefficient (Wildman–Crippen LogP) is 5.29. The Morgan fingerprint density at radius 2 is 2.07 bits per heavy atom. The highest BCUT2D eigenvalue weighted by Crippen LogP contribution is 2.16. The van der Waals surface area contributed by atoms with E-state index in [0.717, 1.165) is 42.8 Å². The summed E-state index contributed by atoms with van der Waals surface area (Å²) in [7, 11) is 0. The molecule has 0 aliphatic rings. The number of carboxylic acids is 1. The molecule has 0 radical (unpaired) electrons. The van der Waals surface area contributed by atoms with Gasteiger partial charge in [-0.3, -0.25) is 0 Å². The molecule has 27 heavy (non-hydrogen) atoms. The van der Waals surface area contributed by atoms with E-state index in [1.54, 1.807) is 23.5 Å². The quantitative estimate of drug-likeness (QED) is 0.549. The molecule has 0 unspecified atom stereocenters. The van der Waals surface area contributed by atoms with Crippen LogP contribution in [0.1, 0.15) is 52.1 Å². The average molecular weight is 381 g/mol. The Labute approximate surface area is 163 Å². The van der Waals surface area contributed by atoms with Gasteiger partial charge >= 0.3 is 5.97 Å². The van der Waals surface area contributed by atoms with Crippen LogP contribution in [0.5, 0.6) is 0 Å². The van der Waals surface area contributed by atoms with Crippen LogP contribution in [-0.2, 0) is 19.4 Å². The zero-order chi connectivity index (χ0) is 19.1. The number of carbonyl (C=O) groups is 1. The number of thiophene rings is 1. The summed E-state index contributed by atoms with van der Waals surface area (Å²) in [6, 6.07) is 11.3. The van der Waals surface area contributed by atoms with Crippen LogP contribution < -0.4 is 0 Å². The maximum Gasteiger partial charge on any atom is 0.335 e. The van der Waals surface area contributed by atoms with Crippen LogP contribution in [0.25, 0.3) is 6.08 Å². The second-order valence-corrected chi connectivity index (χ2v) is 7.51. The van der Waals surface area contributed by atoms with Crippen LogP contribution in [0.4, 0.5) is 0 Å². The van der Waals surface area contributed by atoms with Gasteiger partial charge in [0.1, 0.15) is 5.82 Å². The van der Waals surface area contributed by atoms with Crippen molar-refractivity contribution in [3.8, 4) is 0 Å². The smallest absolute Gasteiger partial charge is 0.335 e. The molecular formula is C22H24N2O2S. The van der Waals surface area contributed by atoms with Crippen molar-refractivity contribution in [3.05, 3.63) is 81.6 Å². The van der Waals surface area contributed by atoms with E-state index in [-0.39, 0.29) is 0 Å². The highest BCUT2D eigenvalue weighted by Gasteiger charge is 2.09. The van der Waals surface area contributed by atoms with E-state index in [2.05, 4.69) is 46.1 Å². The zero-order valence-electron chi connectivity index (χ0n) is 15.5. The minimum absolute atomic E-state index is 0.312. The van der Waals surface area contributed by atoms with E-state index >= 15 is 0 Å². The monoisotopic (exact) mass is 380 g/mol. The average Bonchev–Trinajstić information content (AvgIpc) is 3.31. The van der Waals surface area contributed by atoms with Gasteiger partial charge in [0.25, 0.3) is 0 Å². The van der Waals surface area contributed by atoms with Gasteiger partial charge < -0.3 is 9.67 Å². The lowest BCUT2D eigenvalue weighted by atomic mass is 10.1. The van der Waals surface area contributed by atoms with Crippen LogP contribution in [0.2, 0.25) is 0 Å². The summed E-state index contributed by atoms with van der Waals surface area (Å²) >= 11 is 1.76. The topological polar surface area (TPSA) is 55.1 Å². The minimum Gasteiger partial charge on any atom is -0.478 e. The number of carboxylic acid groups (broad SMARTS) is 1. The lowest BCUT2D eigenvalue weighted by molar-refractivity contribution is 0.0697. The number of rotatable bonds is 9. The highest BCUT2D eigenvalue weighted by atomic mass is 32.1. The fraction of sp³-hybridized carbons (Fsp3) is 0.273. The van der Waals surface area contributed by atoms with Crippen LogP contribution in [0, 0.1) is 0 Å². The van der Waals surface area contributed by atoms with E-state index < -0.39 is 5.97 Å². The van der Waals surface area contributed by atoms with E-state index in [9.17, 15) is 4.79 Å². The zero-order valence-corrected chi connectivity index (χ0v) is 16.3. The molecule has 4 nitrogen and oxygen atoms in total. The van der Waals surface area contributed by atoms with Crippen molar-refractivity contribution in [3.63, 3.8) is 0 Å². The highest BCUT2D eigenvalue weighted by molar-refractivity contribution is 7.09. The van der Waals surface area contributed by atoms with Crippen LogP contribution >= 0.6 is 11.3 Å². The summed E-state index contributed by atoms with van der Waals surface area (Å²) in [6.07, 6.45) is 10.3. The first-order valence-corrected chi connectivity index (χ1v) is 10.1. The fourth-order valence-corrected chi connectivity index (χ4v) is 3.62. The lowest BCUT2D eigenvalue weighted by Crippen LogP contribution is -2.07. The van der Waals surface area contributed by atoms with Crippen molar-refractivity contribution in [1.29, 1.82) is 0 Å². The molecule has 0 amide bonds. The standard InChI is InChI=1S/C22H24N2O2S/c1-2-3-9-21-23-15-19(6-4-7-20-8-5-14-27-20)24(21)16-17-10-12-18(13-11-17)22(25)26/h4-6,8,10-15H,2-3,7,9,16H2,1H3,(H,25,26)/b6-4-. The number of aromatic carboxylic acids is 1. The molecule has 3 aromatic rings. The van der Waals surface area contributed by atoms with Gasteiger partial charge in [0.05, 0.1) is 17.5 Å². The number of nitrogens with zero attached hydrogens (tertiary/aromatic N) is 2. The van der Waals surface area contributed by atoms with Crippen molar-refractivity contribution in [2.24, 2.45) is 0 Å². The molecule has 2 heterocycles. The molecule has 140 valence electrons. The second kappa shape index (κ2) is 9.33. The number of hydrogen-bond acceptors (Lipinski definition) is 3. The number of benzene rings is 1. The third-order valence-electron chi connectivity index (χ3n) is 4.45. The van der Waals surface area contributed by atoms with Gasteiger partial charge in [-0.1, -0.05) is 37.6 Å². The van der Waals surface area contributed by atoms with Gasteiger partial charge in [-0.25, -0.2) is 9.78 Å². The summed E-state index contributed by atoms with van der Waals surface area (Å²) in [5, 5.41) is 11.2. The minimum atomic E-state index is -0.898. The first-order chi connectivity index (χ1) is 13.2. The molecule has 0 saturated heterocycles. The van der Waals surface area contributed by atoms with E-state index in [1.807, 2.05) is 18.3 Å². The third-order valence-corrected chi connectivity index (χ3v) is 5.35. The Kier molecular flexibility index (Phi) is 6.60. The molecule has 0 bridgehead atoms. The molecule has 0 saturated carbocycles. The summed E-state index contributed by atoms with van der Waals surface area (Å²) in [5.74, 6) is 0.181. The van der Waals surface area contributed by atoms with Crippen LogP contribution in [0.15, 0.2) is 54.1 Å². The number of aromatic nitrogens is 2. The molecule has 1 aromatic carbocycles. The van der Waals surface area contributed by atoms with Crippen molar-refractivity contribution in [2.75, 3.05) is 0 Å². The Balaban J connectivity index is 1.80. The molecule has 2 aromatic heterocycles. The maximum absolute atomic E-state index is 11.0. The van der Waals surface area contributed by atoms with Crippen molar-refractivity contribution in [2.45, 2.75) is 39.2 Å². The summed E-state index contributed by atoms with van der Waals surface area (Å²) in [6.45, 7) is 2.87. The summed E-state index contributed by atoms with van der Waals surface area (Å²) < 4.78 is 2.23. The first kappa shape index (κ1) is 19.1. The Hall–Kier alpha value is -2.66. The van der Waals surface area contributed by atoms with Gasteiger partial charge in [0.2, 0.25) is 0 Å². The molecule has 5 heteroatoms. The van der Waals surface area contributed by atoms with E-state index in [0.29, 0.717) is 12.1 Å². The molecule has 0 atom stereocenters. The first-order valence-electron chi connectivity index (χ1n) is 9.23. The largest absolute Gasteiger partial charge is 0.478 e. The Morgan fingerprint density at radius 1 is 1.26 bits per heavy atom. The number of unbranched alkanes of at least 4 members (excludes halogenated alkanes) is 1. The van der Waals surface area contributed by atoms with Crippen LogP contribution in [-0.4, -0.2) is 20.6 Å². The molecule has 3 rings (SSSR count). The SMILES string of the molecule is CCCCc1ncc(/C=C\Cc2cccs2)n1Cc1ccc(C(=O)O)cc1. The molecule has 0 spiro atoms. The molecular weight excluding hydrogens is 356 g/mol. The third kappa shape index (κ3) is 5.17. The maximum atomic E-state index is 11.0. The predicted molar refractivity (Wildman–Crippen MR) is 110 cm³/mol. The number of imidazole rings is 1. The molecule has 0 aliphatic carbocycles. The van der Waals surface area contributed by atoms with Gasteiger partial charge in [-0.2, -0.15) is 0 Å². The van der Waals surface area contributed by atoms with Crippen molar-refractivity contribution < 1.29 is 9.90 Å². The Bertz CT molecular complexity index is 893. The van der Waals surface area contributed by atoms with Crippen molar-refractivity contribution in [1.82, 2.24) is 9.55 Å². The van der Waals surface area contributed by atoms with Gasteiger partial charge in [-0.15, -0.1) is 11.3 Å². The number of allylic oxidation sites excluding steroid dienone is 1. The molecule has 1 N–H and O–H groups in total. The van der Waals surface area contributed by atoms with Gasteiger partial charge in [0.15, 0.2) is 0 Å². The van der Waals surface area contributed by atoms with Gasteiger partial charge in [0, 0.05) is 24.3 Å². The van der Waals surface area contributed by atoms with E-state index in [4.69, 9.17) is 5.11 Å². The number of aryl methyl sites for hydroxylation is 1. The van der Waals surface area contributed by atoms with E-state index in [1.165, 1.54) is 4.88 Å². The molecule has 0 aliphatic heterocycles. The molecule has 0 fully saturated rings. The van der Waals surface area contributed by atoms with Crippen molar-refractivity contribution >= 4 is 23.4 Å². The summed E-state index contributed by atoms with van der Waals surface area (Å²) in [4.78, 5) is 17.0. The van der Waals surface area contributed by atoms with Gasteiger partial charge in [-0.05, 0) is 41.6 Å². The lowest BCUT2D eigenvalue weighted by Gasteiger charge is -2.11. The normalized spacial score (nSPS) is 11.3. The fourth-order valence-electron chi connectivity index (χ4n) is 2.94. The second-order valence-electron chi connectivity index (χ2n) is 6.48.